The van der Waals surface area contributed by atoms with Crippen molar-refractivity contribution < 1.29 is 20.1 Å². The number of amides is 1. The Labute approximate surface area is 173 Å². The molecule has 0 saturated heterocycles. The van der Waals surface area contributed by atoms with Gasteiger partial charge in [0.1, 0.15) is 17.2 Å². The first-order valence-electron chi connectivity index (χ1n) is 9.27. The molecule has 0 spiro atoms. The first-order chi connectivity index (χ1) is 14.5. The molecule has 4 aromatic rings. The average molecular weight is 396 g/mol. The number of hydrogen-bond acceptors (Lipinski definition) is 4. The van der Waals surface area contributed by atoms with Crippen molar-refractivity contribution in [2.75, 3.05) is 0 Å². The minimum atomic E-state index is -0.922. The van der Waals surface area contributed by atoms with Crippen LogP contribution in [0.5, 0.6) is 17.2 Å². The summed E-state index contributed by atoms with van der Waals surface area (Å²) in [6.07, 6.45) is 0. The van der Waals surface area contributed by atoms with Crippen LogP contribution in [0.25, 0.3) is 33.4 Å². The Morgan fingerprint density at radius 1 is 0.533 bits per heavy atom. The summed E-state index contributed by atoms with van der Waals surface area (Å²) in [5.74, 6) is -0.984. The van der Waals surface area contributed by atoms with Crippen LogP contribution in [0.1, 0.15) is 10.4 Å². The van der Waals surface area contributed by atoms with Gasteiger partial charge in [-0.3, -0.25) is 10.5 Å². The van der Waals surface area contributed by atoms with Crippen LogP contribution in [0, 0.1) is 0 Å². The van der Waals surface area contributed by atoms with E-state index < -0.39 is 5.91 Å². The zero-order valence-electron chi connectivity index (χ0n) is 15.8. The van der Waals surface area contributed by atoms with E-state index in [9.17, 15) is 20.1 Å². The number of nitrogens with one attached hydrogen (secondary N) is 1. The van der Waals surface area contributed by atoms with Crippen LogP contribution in [-0.2, 0) is 0 Å². The second kappa shape index (κ2) is 7.64. The highest BCUT2D eigenvalue weighted by Gasteiger charge is 2.24. The summed E-state index contributed by atoms with van der Waals surface area (Å²) in [6.45, 7) is 0. The molecule has 0 aliphatic rings. The van der Waals surface area contributed by atoms with Crippen molar-refractivity contribution in [3.8, 4) is 50.6 Å². The molecule has 1 amide bonds. The number of rotatable bonds is 4. The normalized spacial score (nSPS) is 10.7. The number of aromatic hydroxyl groups is 3. The van der Waals surface area contributed by atoms with E-state index in [4.69, 9.17) is 5.73 Å². The van der Waals surface area contributed by atoms with Crippen LogP contribution in [-0.4, -0.2) is 21.2 Å². The molecule has 0 fully saturated rings. The summed E-state index contributed by atoms with van der Waals surface area (Å²) < 4.78 is 0. The summed E-state index contributed by atoms with van der Waals surface area (Å²) in [6, 6.07) is 23.0. The van der Waals surface area contributed by atoms with Crippen molar-refractivity contribution in [2.24, 2.45) is 0 Å². The molecular weight excluding hydrogens is 378 g/mol. The molecule has 1 radical (unpaired) electrons. The molecule has 0 aliphatic heterocycles. The summed E-state index contributed by atoms with van der Waals surface area (Å²) in [4.78, 5) is 12.2. The third kappa shape index (κ3) is 3.22. The van der Waals surface area contributed by atoms with Crippen molar-refractivity contribution in [3.63, 3.8) is 0 Å². The summed E-state index contributed by atoms with van der Waals surface area (Å²) >= 11 is 0. The first kappa shape index (κ1) is 19.1. The molecule has 0 unspecified atom stereocenters. The Hall–Kier alpha value is -4.25. The molecule has 0 atom stereocenters. The number of hydrogen-bond donors (Lipinski definition) is 3. The Balaban J connectivity index is 2.21. The number of para-hydroxylation sites is 3. The Kier molecular flexibility index (Phi) is 4.86. The Morgan fingerprint density at radius 2 is 0.967 bits per heavy atom. The van der Waals surface area contributed by atoms with Crippen molar-refractivity contribution in [3.05, 3.63) is 90.5 Å². The van der Waals surface area contributed by atoms with Gasteiger partial charge in [-0.2, -0.15) is 0 Å². The molecular formula is C25H18NO4. The van der Waals surface area contributed by atoms with Gasteiger partial charge in [-0.1, -0.05) is 60.7 Å². The van der Waals surface area contributed by atoms with Crippen LogP contribution in [0.2, 0.25) is 0 Å². The smallest absolute Gasteiger partial charge is 0.270 e. The van der Waals surface area contributed by atoms with Gasteiger partial charge < -0.3 is 15.3 Å². The number of phenolic OH excluding ortho intramolecular Hbond substituents is 3. The minimum absolute atomic E-state index is 0.0274. The topological polar surface area (TPSA) is 102 Å². The molecule has 5 heteroatoms. The van der Waals surface area contributed by atoms with E-state index >= 15 is 0 Å². The van der Waals surface area contributed by atoms with Gasteiger partial charge in [0, 0.05) is 33.4 Å². The van der Waals surface area contributed by atoms with Gasteiger partial charge in [0.2, 0.25) is 0 Å². The van der Waals surface area contributed by atoms with Gasteiger partial charge >= 0.3 is 0 Å². The van der Waals surface area contributed by atoms with E-state index in [1.165, 1.54) is 18.2 Å². The molecule has 30 heavy (non-hydrogen) atoms. The highest BCUT2D eigenvalue weighted by molar-refractivity contribution is 6.08. The van der Waals surface area contributed by atoms with Gasteiger partial charge in [-0.25, -0.2) is 0 Å². The standard InChI is InChI=1S/C25H18NO4/c26-25(30)19-14-13-16(15-7-1-4-10-20(15)27)23(17-8-2-5-11-21(17)28)24(19)18-9-3-6-12-22(18)29/h1-14,26-29H. The van der Waals surface area contributed by atoms with E-state index in [-0.39, 0.29) is 22.8 Å². The Bertz CT molecular complexity index is 1260. The molecule has 4 rings (SSSR count). The van der Waals surface area contributed by atoms with E-state index in [2.05, 4.69) is 0 Å². The number of benzene rings is 4. The quantitative estimate of drug-likeness (QED) is 0.440. The fourth-order valence-electron chi connectivity index (χ4n) is 3.65. The molecule has 0 aromatic heterocycles. The summed E-state index contributed by atoms with van der Waals surface area (Å²) in [5.41, 5.74) is 10.4. The lowest BCUT2D eigenvalue weighted by atomic mass is 9.83. The van der Waals surface area contributed by atoms with E-state index in [1.807, 2.05) is 0 Å². The Morgan fingerprint density at radius 3 is 1.43 bits per heavy atom. The number of carbonyl (C=O) groups is 1. The molecule has 4 aromatic carbocycles. The second-order valence-corrected chi connectivity index (χ2v) is 6.79. The first-order valence-corrected chi connectivity index (χ1v) is 9.27. The fraction of sp³-hybridized carbons (Fsp3) is 0. The third-order valence-electron chi connectivity index (χ3n) is 4.99. The van der Waals surface area contributed by atoms with E-state index in [0.717, 1.165) is 0 Å². The molecule has 5 nitrogen and oxygen atoms in total. The summed E-state index contributed by atoms with van der Waals surface area (Å²) in [5, 5.41) is 31.6. The number of phenols is 3. The van der Waals surface area contributed by atoms with Crippen molar-refractivity contribution in [2.45, 2.75) is 0 Å². The minimum Gasteiger partial charge on any atom is -0.507 e. The van der Waals surface area contributed by atoms with Crippen LogP contribution in [0.4, 0.5) is 0 Å². The summed E-state index contributed by atoms with van der Waals surface area (Å²) in [7, 11) is 0. The van der Waals surface area contributed by atoms with Gasteiger partial charge in [0.15, 0.2) is 0 Å². The van der Waals surface area contributed by atoms with Crippen LogP contribution in [0.15, 0.2) is 84.9 Å². The fourth-order valence-corrected chi connectivity index (χ4v) is 3.65. The highest BCUT2D eigenvalue weighted by Crippen LogP contribution is 2.48. The molecule has 0 bridgehead atoms. The lowest BCUT2D eigenvalue weighted by Gasteiger charge is -2.20. The monoisotopic (exact) mass is 396 g/mol. The van der Waals surface area contributed by atoms with Crippen LogP contribution < -0.4 is 5.73 Å². The van der Waals surface area contributed by atoms with Crippen LogP contribution >= 0.6 is 0 Å². The van der Waals surface area contributed by atoms with Crippen LogP contribution in [0.3, 0.4) is 0 Å². The maximum absolute atomic E-state index is 12.2. The van der Waals surface area contributed by atoms with E-state index in [0.29, 0.717) is 33.4 Å². The van der Waals surface area contributed by atoms with Crippen molar-refractivity contribution >= 4 is 5.91 Å². The molecule has 0 saturated carbocycles. The zero-order valence-corrected chi connectivity index (χ0v) is 15.8. The molecule has 0 aliphatic carbocycles. The van der Waals surface area contributed by atoms with E-state index in [1.54, 1.807) is 66.7 Å². The highest BCUT2D eigenvalue weighted by atomic mass is 16.3. The van der Waals surface area contributed by atoms with Gasteiger partial charge in [0.05, 0.1) is 0 Å². The predicted octanol–water partition coefficient (Wildman–Crippen LogP) is 5.23. The average Bonchev–Trinajstić information content (AvgIpc) is 2.74. The molecule has 4 N–H and O–H groups in total. The van der Waals surface area contributed by atoms with Gasteiger partial charge in [-0.05, 0) is 29.8 Å². The largest absolute Gasteiger partial charge is 0.507 e. The maximum atomic E-state index is 12.2. The SMILES string of the molecule is [NH]C(=O)c1ccc(-c2ccccc2O)c(-c2ccccc2O)c1-c1ccccc1O. The number of carbonyl (C=O) groups excluding carboxylic acids is 1. The lowest BCUT2D eigenvalue weighted by molar-refractivity contribution is 0.0992. The van der Waals surface area contributed by atoms with Crippen molar-refractivity contribution in [1.82, 2.24) is 5.73 Å². The maximum Gasteiger partial charge on any atom is 0.270 e. The molecule has 147 valence electrons. The second-order valence-electron chi connectivity index (χ2n) is 6.79. The van der Waals surface area contributed by atoms with Gasteiger partial charge in [-0.15, -0.1) is 0 Å². The third-order valence-corrected chi connectivity index (χ3v) is 4.99. The van der Waals surface area contributed by atoms with Gasteiger partial charge in [0.25, 0.3) is 5.91 Å². The lowest BCUT2D eigenvalue weighted by Crippen LogP contribution is -2.05. The molecule has 0 heterocycles. The predicted molar refractivity (Wildman–Crippen MR) is 115 cm³/mol. The van der Waals surface area contributed by atoms with Crippen molar-refractivity contribution in [1.29, 1.82) is 0 Å². The zero-order chi connectivity index (χ0) is 21.3.